The SMILES string of the molecule is C[Si](C)(C)OCC(=O)[C@H](O[Si](C)(C)C)[C@@H](O[Si](C)(C)C)[C@@H](CO[Si](C)(C)C)O[Si](C)(C)C. The molecular weight excluding hydrogens is 489 g/mol. The molecule has 11 heteroatoms. The Kier molecular flexibility index (Phi) is 12.2. The molecule has 0 N–H and O–H groups in total. The molecule has 0 saturated heterocycles. The van der Waals surface area contributed by atoms with E-state index in [-0.39, 0.29) is 18.5 Å². The lowest BCUT2D eigenvalue weighted by Gasteiger charge is -2.42. The molecule has 0 aliphatic carbocycles. The molecule has 0 aliphatic heterocycles. The summed E-state index contributed by atoms with van der Waals surface area (Å²) in [5.41, 5.74) is 0. The first-order valence-corrected chi connectivity index (χ1v) is 28.8. The van der Waals surface area contributed by atoms with Crippen LogP contribution in [0.1, 0.15) is 0 Å². The van der Waals surface area contributed by atoms with Crippen LogP contribution in [0.3, 0.4) is 0 Å². The van der Waals surface area contributed by atoms with Gasteiger partial charge in [-0.15, -0.1) is 0 Å². The average Bonchev–Trinajstić information content (AvgIpc) is 2.48. The molecule has 32 heavy (non-hydrogen) atoms. The van der Waals surface area contributed by atoms with Gasteiger partial charge in [0.1, 0.15) is 12.2 Å². The molecule has 0 aromatic rings. The van der Waals surface area contributed by atoms with Crippen molar-refractivity contribution >= 4 is 47.4 Å². The van der Waals surface area contributed by atoms with Crippen LogP contribution < -0.4 is 0 Å². The van der Waals surface area contributed by atoms with Gasteiger partial charge in [-0.05, 0) is 98.2 Å². The van der Waals surface area contributed by atoms with Crippen molar-refractivity contribution in [2.24, 2.45) is 0 Å². The van der Waals surface area contributed by atoms with E-state index in [1.54, 1.807) is 0 Å². The van der Waals surface area contributed by atoms with Crippen LogP contribution in [0.4, 0.5) is 0 Å². The van der Waals surface area contributed by atoms with Gasteiger partial charge in [0.25, 0.3) is 0 Å². The summed E-state index contributed by atoms with van der Waals surface area (Å²) in [5.74, 6) is -0.0599. The molecule has 6 nitrogen and oxygen atoms in total. The van der Waals surface area contributed by atoms with E-state index in [0.29, 0.717) is 6.61 Å². The van der Waals surface area contributed by atoms with Gasteiger partial charge in [-0.25, -0.2) is 0 Å². The van der Waals surface area contributed by atoms with Crippen LogP contribution in [0.5, 0.6) is 0 Å². The number of ketones is 1. The van der Waals surface area contributed by atoms with Crippen molar-refractivity contribution in [3.05, 3.63) is 0 Å². The van der Waals surface area contributed by atoms with Crippen LogP contribution in [0.15, 0.2) is 0 Å². The molecule has 0 radical (unpaired) electrons. The third-order valence-electron chi connectivity index (χ3n) is 3.79. The van der Waals surface area contributed by atoms with Crippen LogP contribution in [-0.2, 0) is 26.9 Å². The number of hydrogen-bond acceptors (Lipinski definition) is 6. The molecule has 0 rings (SSSR count). The second-order valence-electron chi connectivity index (χ2n) is 13.4. The van der Waals surface area contributed by atoms with E-state index >= 15 is 0 Å². The van der Waals surface area contributed by atoms with Gasteiger partial charge in [0.2, 0.25) is 0 Å². The number of carbonyl (C=O) groups excluding carboxylic acids is 1. The Morgan fingerprint density at radius 3 is 1.31 bits per heavy atom. The monoisotopic (exact) mass is 540 g/mol. The molecule has 0 bridgehead atoms. The van der Waals surface area contributed by atoms with E-state index in [2.05, 4.69) is 98.2 Å². The number of carbonyl (C=O) groups is 1. The normalized spacial score (nSPS) is 17.2. The summed E-state index contributed by atoms with van der Waals surface area (Å²) < 4.78 is 32.1. The van der Waals surface area contributed by atoms with E-state index < -0.39 is 53.8 Å². The Bertz CT molecular complexity index is 582. The van der Waals surface area contributed by atoms with Gasteiger partial charge >= 0.3 is 0 Å². The molecule has 0 aliphatic rings. The van der Waals surface area contributed by atoms with Crippen LogP contribution in [-0.4, -0.2) is 78.9 Å². The number of hydrogen-bond donors (Lipinski definition) is 0. The molecular formula is C21H52O6Si5. The molecule has 192 valence electrons. The molecule has 0 spiro atoms. The number of Topliss-reactive ketones (excluding diaryl/α,β-unsaturated/α-hetero) is 1. The predicted molar refractivity (Wildman–Crippen MR) is 148 cm³/mol. The van der Waals surface area contributed by atoms with E-state index in [1.165, 1.54) is 0 Å². The van der Waals surface area contributed by atoms with Gasteiger partial charge < -0.3 is 22.1 Å². The van der Waals surface area contributed by atoms with Gasteiger partial charge in [0.15, 0.2) is 47.4 Å². The van der Waals surface area contributed by atoms with Crippen molar-refractivity contribution in [2.45, 2.75) is 117 Å². The van der Waals surface area contributed by atoms with Crippen molar-refractivity contribution in [1.29, 1.82) is 0 Å². The molecule has 0 heterocycles. The zero-order valence-electron chi connectivity index (χ0n) is 23.6. The van der Waals surface area contributed by atoms with Gasteiger partial charge in [-0.2, -0.15) is 0 Å². The lowest BCUT2D eigenvalue weighted by atomic mass is 10.1. The second-order valence-corrected chi connectivity index (χ2v) is 35.8. The van der Waals surface area contributed by atoms with Crippen molar-refractivity contribution in [3.63, 3.8) is 0 Å². The minimum atomic E-state index is -2.07. The first-order chi connectivity index (χ1) is 13.9. The Morgan fingerprint density at radius 1 is 0.562 bits per heavy atom. The molecule has 0 aromatic heterocycles. The summed E-state index contributed by atoms with van der Waals surface area (Å²) in [5, 5.41) is 0. The fourth-order valence-corrected chi connectivity index (χ4v) is 7.26. The van der Waals surface area contributed by atoms with Crippen LogP contribution in [0, 0.1) is 0 Å². The van der Waals surface area contributed by atoms with Gasteiger partial charge in [0, 0.05) is 0 Å². The molecule has 0 unspecified atom stereocenters. The highest BCUT2D eigenvalue weighted by Crippen LogP contribution is 2.25. The van der Waals surface area contributed by atoms with Crippen molar-refractivity contribution in [3.8, 4) is 0 Å². The lowest BCUT2D eigenvalue weighted by Crippen LogP contribution is -2.58. The largest absolute Gasteiger partial charge is 0.415 e. The summed E-state index contributed by atoms with van der Waals surface area (Å²) in [7, 11) is -9.70. The van der Waals surface area contributed by atoms with Gasteiger partial charge in [-0.3, -0.25) is 4.79 Å². The summed E-state index contributed by atoms with van der Waals surface area (Å²) in [6.07, 6.45) is -1.61. The van der Waals surface area contributed by atoms with Gasteiger partial charge in [-0.1, -0.05) is 0 Å². The average molecular weight is 541 g/mol. The minimum Gasteiger partial charge on any atom is -0.415 e. The Hall–Kier alpha value is 0.554. The smallest absolute Gasteiger partial charge is 0.187 e. The Balaban J connectivity index is 6.28. The maximum atomic E-state index is 13.5. The minimum absolute atomic E-state index is 0.0466. The van der Waals surface area contributed by atoms with E-state index in [1.807, 2.05) is 0 Å². The first kappa shape index (κ1) is 32.6. The summed E-state index contributed by atoms with van der Waals surface area (Å²) in [4.78, 5) is 13.5. The zero-order chi connectivity index (χ0) is 25.8. The van der Waals surface area contributed by atoms with E-state index in [0.717, 1.165) is 0 Å². The van der Waals surface area contributed by atoms with Crippen molar-refractivity contribution in [1.82, 2.24) is 0 Å². The number of rotatable bonds is 15. The zero-order valence-corrected chi connectivity index (χ0v) is 28.6. The van der Waals surface area contributed by atoms with E-state index in [9.17, 15) is 4.79 Å². The molecule has 0 fully saturated rings. The fourth-order valence-electron chi connectivity index (χ4n) is 2.79. The molecule has 0 saturated carbocycles. The highest BCUT2D eigenvalue weighted by atomic mass is 28.4. The van der Waals surface area contributed by atoms with Crippen molar-refractivity contribution in [2.75, 3.05) is 13.2 Å². The Labute approximate surface area is 203 Å². The van der Waals surface area contributed by atoms with Crippen LogP contribution in [0.25, 0.3) is 0 Å². The second kappa shape index (κ2) is 12.0. The maximum absolute atomic E-state index is 13.5. The third kappa shape index (κ3) is 17.1. The molecule has 3 atom stereocenters. The van der Waals surface area contributed by atoms with Crippen LogP contribution in [0.2, 0.25) is 98.2 Å². The molecule has 0 aromatic carbocycles. The van der Waals surface area contributed by atoms with E-state index in [4.69, 9.17) is 22.1 Å². The molecule has 0 amide bonds. The fraction of sp³-hybridized carbons (Fsp3) is 0.952. The Morgan fingerprint density at radius 2 is 0.969 bits per heavy atom. The quantitative estimate of drug-likeness (QED) is 0.240. The van der Waals surface area contributed by atoms with Crippen LogP contribution >= 0.6 is 0 Å². The summed E-state index contributed by atoms with van der Waals surface area (Å²) in [6.45, 7) is 32.4. The van der Waals surface area contributed by atoms with Crippen molar-refractivity contribution < 1.29 is 26.9 Å². The standard InChI is InChI=1S/C21H52O6Si5/c1-28(2,3)23-16-18(22)20(26-31(10,11)12)21(27-32(13,14)15)19(25-30(7,8)9)17-24-29(4,5)6/h19-21H,16-17H2,1-15H3/t19-,20+,21+/m1/s1. The maximum Gasteiger partial charge on any atom is 0.187 e. The first-order valence-electron chi connectivity index (χ1n) is 11.7. The van der Waals surface area contributed by atoms with Gasteiger partial charge in [0.05, 0.1) is 19.3 Å². The predicted octanol–water partition coefficient (Wildman–Crippen LogP) is 5.92. The summed E-state index contributed by atoms with van der Waals surface area (Å²) in [6, 6.07) is 0. The lowest BCUT2D eigenvalue weighted by molar-refractivity contribution is -0.137. The third-order valence-corrected chi connectivity index (χ3v) is 8.78. The summed E-state index contributed by atoms with van der Waals surface area (Å²) >= 11 is 0. The highest BCUT2D eigenvalue weighted by Gasteiger charge is 2.43. The topological polar surface area (TPSA) is 63.2 Å². The highest BCUT2D eigenvalue weighted by molar-refractivity contribution is 6.71.